The first-order valence-corrected chi connectivity index (χ1v) is 16.6. The van der Waals surface area contributed by atoms with Crippen molar-refractivity contribution < 1.29 is 48.2 Å². The number of nitrogens with zero attached hydrogens (tertiary/aromatic N) is 2. The van der Waals surface area contributed by atoms with Gasteiger partial charge in [-0.05, 0) is 36.8 Å². The molecule has 1 saturated heterocycles. The number of hydrogen-bond donors (Lipinski definition) is 4. The zero-order chi connectivity index (χ0) is 36.6. The third-order valence-electron chi connectivity index (χ3n) is 8.62. The molecular weight excluding hydrogens is 638 g/mol. The molecule has 0 bridgehead atoms. The number of ketones is 2. The van der Waals surface area contributed by atoms with Gasteiger partial charge in [-0.3, -0.25) is 33.6 Å². The number of fused-ring (bicyclic) bond motifs is 1. The summed E-state index contributed by atoms with van der Waals surface area (Å²) in [6.07, 6.45) is -0.681. The highest BCUT2D eigenvalue weighted by molar-refractivity contribution is 6.39. The van der Waals surface area contributed by atoms with E-state index >= 15 is 0 Å². The molecule has 0 aromatic heterocycles. The first-order chi connectivity index (χ1) is 23.0. The van der Waals surface area contributed by atoms with Gasteiger partial charge in [0.2, 0.25) is 23.4 Å². The van der Waals surface area contributed by atoms with Crippen molar-refractivity contribution in [2.75, 3.05) is 13.1 Å². The number of Topliss-reactive ketones (excluding diaryl/α,β-unsaturated/α-hetero) is 2. The van der Waals surface area contributed by atoms with Crippen LogP contribution in [0.4, 0.5) is 4.79 Å². The number of carboxylic acid groups (broad SMARTS) is 1. The number of aliphatic carboxylic acids is 1. The van der Waals surface area contributed by atoms with Crippen LogP contribution in [-0.4, -0.2) is 106 Å². The second-order valence-corrected chi connectivity index (χ2v) is 13.1. The highest BCUT2D eigenvalue weighted by atomic mass is 16.6. The lowest BCUT2D eigenvalue weighted by atomic mass is 10.0. The van der Waals surface area contributed by atoms with Crippen LogP contribution in [0.2, 0.25) is 0 Å². The van der Waals surface area contributed by atoms with Crippen molar-refractivity contribution in [3.8, 4) is 0 Å². The van der Waals surface area contributed by atoms with E-state index in [-0.39, 0.29) is 19.4 Å². The van der Waals surface area contributed by atoms with Crippen molar-refractivity contribution in [1.29, 1.82) is 0 Å². The van der Waals surface area contributed by atoms with E-state index in [0.717, 1.165) is 16.0 Å². The normalized spacial score (nSPS) is 18.9. The average Bonchev–Trinajstić information content (AvgIpc) is 3.49. The minimum atomic E-state index is -1.35. The summed E-state index contributed by atoms with van der Waals surface area (Å²) in [6, 6.07) is 2.54. The van der Waals surface area contributed by atoms with Gasteiger partial charge in [-0.15, -0.1) is 0 Å². The van der Waals surface area contributed by atoms with E-state index in [1.165, 1.54) is 11.8 Å². The number of hydrogen-bond acceptors (Lipinski definition) is 9. The van der Waals surface area contributed by atoms with Gasteiger partial charge in [-0.1, -0.05) is 65.3 Å². The molecule has 2 aliphatic heterocycles. The fourth-order valence-corrected chi connectivity index (χ4v) is 5.72. The van der Waals surface area contributed by atoms with Crippen LogP contribution in [0.25, 0.3) is 0 Å². The van der Waals surface area contributed by atoms with Crippen LogP contribution in [0.1, 0.15) is 71.9 Å². The molecule has 15 heteroatoms. The van der Waals surface area contributed by atoms with Crippen molar-refractivity contribution >= 4 is 47.3 Å². The predicted octanol–water partition coefficient (Wildman–Crippen LogP) is 0.960. The minimum Gasteiger partial charge on any atom is -0.480 e. The molecule has 268 valence electrons. The van der Waals surface area contributed by atoms with Crippen LogP contribution in [0.5, 0.6) is 0 Å². The van der Waals surface area contributed by atoms with Gasteiger partial charge < -0.3 is 35.6 Å². The van der Waals surface area contributed by atoms with Crippen LogP contribution in [0, 0.1) is 11.8 Å². The minimum absolute atomic E-state index is 0.0386. The van der Waals surface area contributed by atoms with E-state index < -0.39 is 89.4 Å². The first-order valence-electron chi connectivity index (χ1n) is 16.6. The largest absolute Gasteiger partial charge is 0.480 e. The maximum absolute atomic E-state index is 14.0. The second kappa shape index (κ2) is 17.0. The van der Waals surface area contributed by atoms with Crippen LogP contribution >= 0.6 is 0 Å². The fourth-order valence-electron chi connectivity index (χ4n) is 5.72. The molecule has 5 amide bonds. The molecule has 5 atom stereocenters. The first kappa shape index (κ1) is 38.6. The lowest BCUT2D eigenvalue weighted by molar-refractivity contribution is -0.146. The molecule has 1 aromatic carbocycles. The maximum atomic E-state index is 14.0. The molecule has 0 aliphatic carbocycles. The zero-order valence-corrected chi connectivity index (χ0v) is 28.8. The van der Waals surface area contributed by atoms with Crippen molar-refractivity contribution in [3.63, 3.8) is 0 Å². The molecule has 2 heterocycles. The molecule has 49 heavy (non-hydrogen) atoms. The summed E-state index contributed by atoms with van der Waals surface area (Å²) < 4.78 is 5.81. The Bertz CT molecular complexity index is 1460. The summed E-state index contributed by atoms with van der Waals surface area (Å²) in [4.78, 5) is 106. The van der Waals surface area contributed by atoms with Gasteiger partial charge in [0.1, 0.15) is 24.2 Å². The number of benzene rings is 1. The van der Waals surface area contributed by atoms with Crippen LogP contribution in [-0.2, 0) is 51.3 Å². The van der Waals surface area contributed by atoms with Crippen molar-refractivity contribution in [3.05, 3.63) is 35.4 Å². The Hall–Kier alpha value is -4.82. The summed E-state index contributed by atoms with van der Waals surface area (Å²) >= 11 is 0. The third kappa shape index (κ3) is 9.86. The van der Waals surface area contributed by atoms with Crippen molar-refractivity contribution in [2.45, 2.75) is 104 Å². The SMILES string of the molecule is CCCC(NC(=O)C1C[C@@H](OC(=O)N2CCc3ccccc3C2)CN1C(=O)[C@@H](NC(=O)C(=O)C(C)C)C(C)C)C(=O)C(=O)N[C@@H](C)C(=O)O. The Morgan fingerprint density at radius 1 is 0.898 bits per heavy atom. The second-order valence-electron chi connectivity index (χ2n) is 13.1. The molecule has 4 N–H and O–H groups in total. The Morgan fingerprint density at radius 2 is 1.53 bits per heavy atom. The lowest BCUT2D eigenvalue weighted by Crippen LogP contribution is -2.58. The Morgan fingerprint density at radius 3 is 2.12 bits per heavy atom. The van der Waals surface area contributed by atoms with Gasteiger partial charge in [0.15, 0.2) is 0 Å². The number of ether oxygens (including phenoxy) is 1. The summed E-state index contributed by atoms with van der Waals surface area (Å²) in [5, 5.41) is 16.2. The zero-order valence-electron chi connectivity index (χ0n) is 28.8. The lowest BCUT2D eigenvalue weighted by Gasteiger charge is -2.31. The molecule has 0 spiro atoms. The van der Waals surface area contributed by atoms with E-state index in [0.29, 0.717) is 25.9 Å². The van der Waals surface area contributed by atoms with Gasteiger partial charge in [-0.2, -0.15) is 0 Å². The van der Waals surface area contributed by atoms with Gasteiger partial charge in [-0.25, -0.2) is 4.79 Å². The molecule has 3 rings (SSSR count). The van der Waals surface area contributed by atoms with Crippen molar-refractivity contribution in [2.24, 2.45) is 11.8 Å². The standard InChI is InChI=1S/C34H47N5O10/c1-7-10-24(28(41)31(44)35-20(6)33(46)47)36-29(42)25-15-23(49-34(48)38-14-13-21-11-8-9-12-22(21)16-38)17-39(25)32(45)26(18(2)3)37-30(43)27(40)19(4)5/h8-9,11-12,18-20,23-26H,7,10,13-17H2,1-6H3,(H,35,44)(H,36,42)(H,37,43)(H,46,47)/t20-,23+,24?,25?,26-/m0/s1. The van der Waals surface area contributed by atoms with Crippen molar-refractivity contribution in [1.82, 2.24) is 25.8 Å². The number of amides is 5. The maximum Gasteiger partial charge on any atom is 0.410 e. The monoisotopic (exact) mass is 685 g/mol. The van der Waals surface area contributed by atoms with Crippen LogP contribution in [0.15, 0.2) is 24.3 Å². The van der Waals surface area contributed by atoms with Gasteiger partial charge in [0, 0.05) is 25.4 Å². The highest BCUT2D eigenvalue weighted by Crippen LogP contribution is 2.26. The highest BCUT2D eigenvalue weighted by Gasteiger charge is 2.46. The number of carboxylic acids is 1. The summed E-state index contributed by atoms with van der Waals surface area (Å²) in [7, 11) is 0. The molecule has 2 unspecified atom stereocenters. The van der Waals surface area contributed by atoms with E-state index in [9.17, 15) is 38.4 Å². The average molecular weight is 686 g/mol. The Balaban J connectivity index is 1.85. The molecule has 1 aromatic rings. The smallest absolute Gasteiger partial charge is 0.410 e. The number of carbonyl (C=O) groups is 8. The van der Waals surface area contributed by atoms with Crippen LogP contribution < -0.4 is 16.0 Å². The number of rotatable bonds is 14. The van der Waals surface area contributed by atoms with Gasteiger partial charge in [0.25, 0.3) is 11.8 Å². The summed E-state index contributed by atoms with van der Waals surface area (Å²) in [5.41, 5.74) is 2.10. The van der Waals surface area contributed by atoms with Gasteiger partial charge in [0.05, 0.1) is 12.6 Å². The van der Waals surface area contributed by atoms with Gasteiger partial charge >= 0.3 is 12.1 Å². The predicted molar refractivity (Wildman–Crippen MR) is 175 cm³/mol. The molecular formula is C34H47N5O10. The Kier molecular flexibility index (Phi) is 13.4. The van der Waals surface area contributed by atoms with E-state index in [2.05, 4.69) is 16.0 Å². The Labute approximate surface area is 285 Å². The fraction of sp³-hybridized carbons (Fsp3) is 0.588. The summed E-state index contributed by atoms with van der Waals surface area (Å²) in [5.74, 6) is -7.92. The molecule has 2 aliphatic rings. The molecule has 0 radical (unpaired) electrons. The number of carbonyl (C=O) groups excluding carboxylic acids is 7. The molecule has 15 nitrogen and oxygen atoms in total. The topological polar surface area (TPSA) is 209 Å². The van der Waals surface area contributed by atoms with E-state index in [1.807, 2.05) is 24.3 Å². The molecule has 0 saturated carbocycles. The summed E-state index contributed by atoms with van der Waals surface area (Å²) in [6.45, 7) is 9.83. The van der Waals surface area contributed by atoms with E-state index in [4.69, 9.17) is 9.84 Å². The number of nitrogens with one attached hydrogen (secondary N) is 3. The quantitative estimate of drug-likeness (QED) is 0.204. The number of likely N-dealkylation sites (tertiary alicyclic amines) is 1. The third-order valence-corrected chi connectivity index (χ3v) is 8.62. The van der Waals surface area contributed by atoms with Crippen LogP contribution in [0.3, 0.4) is 0 Å². The molecule has 1 fully saturated rings. The van der Waals surface area contributed by atoms with E-state index in [1.54, 1.807) is 34.6 Å².